The maximum absolute atomic E-state index is 14.4. The van der Waals surface area contributed by atoms with Crippen LogP contribution in [0.15, 0.2) is 70.5 Å². The molecule has 4 aromatic rings. The van der Waals surface area contributed by atoms with E-state index in [4.69, 9.17) is 9.72 Å². The van der Waals surface area contributed by atoms with Crippen LogP contribution < -0.4 is 16.2 Å². The molecule has 224 valence electrons. The van der Waals surface area contributed by atoms with E-state index in [1.54, 1.807) is 22.9 Å². The van der Waals surface area contributed by atoms with Gasteiger partial charge >= 0.3 is 0 Å². The largest absolute Gasteiger partial charge is 0.371 e. The van der Waals surface area contributed by atoms with Gasteiger partial charge in [-0.1, -0.05) is 36.8 Å². The van der Waals surface area contributed by atoms with Crippen LogP contribution in [-0.4, -0.2) is 66.9 Å². The van der Waals surface area contributed by atoms with Crippen molar-refractivity contribution in [3.8, 4) is 0 Å². The van der Waals surface area contributed by atoms with Crippen molar-refractivity contribution in [2.45, 2.75) is 48.8 Å². The number of morpholine rings is 1. The molecule has 11 heteroatoms. The molecule has 0 aliphatic carbocycles. The van der Waals surface area contributed by atoms with E-state index in [-0.39, 0.29) is 23.5 Å². The highest BCUT2D eigenvalue weighted by Crippen LogP contribution is 2.34. The number of aromatic nitrogens is 3. The van der Waals surface area contributed by atoms with Crippen LogP contribution in [0.2, 0.25) is 0 Å². The van der Waals surface area contributed by atoms with E-state index in [0.717, 1.165) is 55.7 Å². The van der Waals surface area contributed by atoms with Crippen molar-refractivity contribution < 1.29 is 13.2 Å². The van der Waals surface area contributed by atoms with Crippen molar-refractivity contribution in [2.75, 3.05) is 44.4 Å². The minimum Gasteiger partial charge on any atom is -0.371 e. The first-order valence-electron chi connectivity index (χ1n) is 15.0. The third kappa shape index (κ3) is 5.46. The highest BCUT2D eigenvalue weighted by molar-refractivity contribution is 7.91. The van der Waals surface area contributed by atoms with Gasteiger partial charge in [-0.25, -0.2) is 13.4 Å². The second-order valence-corrected chi connectivity index (χ2v) is 13.8. The number of benzene rings is 2. The summed E-state index contributed by atoms with van der Waals surface area (Å²) >= 11 is 0. The quantitative estimate of drug-likeness (QED) is 0.351. The molecule has 5 heterocycles. The van der Waals surface area contributed by atoms with Gasteiger partial charge in [0.15, 0.2) is 9.84 Å². The average molecular weight is 601 g/mol. The maximum Gasteiger partial charge on any atom is 0.257 e. The third-order valence-corrected chi connectivity index (χ3v) is 10.8. The lowest BCUT2D eigenvalue weighted by molar-refractivity contribution is 0.0277. The van der Waals surface area contributed by atoms with E-state index < -0.39 is 15.9 Å². The monoisotopic (exact) mass is 600 g/mol. The molecule has 3 aliphatic heterocycles. The fraction of sp³-hybridized carbons (Fsp3) is 0.406. The Kier molecular flexibility index (Phi) is 7.50. The Balaban J connectivity index is 1.29. The first kappa shape index (κ1) is 28.1. The normalized spacial score (nSPS) is 24.0. The molecule has 0 amide bonds. The molecule has 2 N–H and O–H groups in total. The highest BCUT2D eigenvalue weighted by Gasteiger charge is 2.34. The number of anilines is 2. The van der Waals surface area contributed by atoms with Crippen LogP contribution in [0.5, 0.6) is 0 Å². The van der Waals surface area contributed by atoms with E-state index in [9.17, 15) is 13.2 Å². The van der Waals surface area contributed by atoms with Gasteiger partial charge in [0, 0.05) is 42.0 Å². The van der Waals surface area contributed by atoms with Gasteiger partial charge in [-0.3, -0.25) is 14.3 Å². The minimum absolute atomic E-state index is 0.0171. The Morgan fingerprint density at radius 2 is 1.93 bits per heavy atom. The van der Waals surface area contributed by atoms with E-state index in [2.05, 4.69) is 20.5 Å². The predicted molar refractivity (Wildman–Crippen MR) is 166 cm³/mol. The van der Waals surface area contributed by atoms with Gasteiger partial charge in [-0.2, -0.15) is 4.98 Å². The number of rotatable bonds is 5. The summed E-state index contributed by atoms with van der Waals surface area (Å²) in [6, 6.07) is 16.3. The van der Waals surface area contributed by atoms with Gasteiger partial charge in [-0.15, -0.1) is 0 Å². The summed E-state index contributed by atoms with van der Waals surface area (Å²) in [4.78, 5) is 26.3. The number of likely N-dealkylation sites (tertiary alicyclic amines) is 1. The number of nitrogens with one attached hydrogen (secondary N) is 2. The fourth-order valence-electron chi connectivity index (χ4n) is 6.73. The molecular formula is C32H36N6O4S. The number of hydrogen-bond donors (Lipinski definition) is 2. The molecule has 43 heavy (non-hydrogen) atoms. The van der Waals surface area contributed by atoms with Gasteiger partial charge in [-0.05, 0) is 68.2 Å². The molecule has 2 aromatic carbocycles. The number of sulfone groups is 1. The molecule has 3 aliphatic rings. The van der Waals surface area contributed by atoms with Crippen LogP contribution in [0.3, 0.4) is 0 Å². The second kappa shape index (κ2) is 11.5. The van der Waals surface area contributed by atoms with Crippen molar-refractivity contribution >= 4 is 32.5 Å². The van der Waals surface area contributed by atoms with Crippen LogP contribution in [0.4, 0.5) is 11.6 Å². The van der Waals surface area contributed by atoms with Crippen LogP contribution >= 0.6 is 0 Å². The zero-order valence-electron chi connectivity index (χ0n) is 24.2. The zero-order chi connectivity index (χ0) is 29.6. The number of hydrogen-bond acceptors (Lipinski definition) is 9. The zero-order valence-corrected chi connectivity index (χ0v) is 25.0. The Morgan fingerprint density at radius 3 is 2.72 bits per heavy atom. The smallest absolute Gasteiger partial charge is 0.257 e. The number of fused-ring (bicyclic) bond motifs is 2. The van der Waals surface area contributed by atoms with Crippen molar-refractivity contribution in [3.63, 3.8) is 0 Å². The molecule has 0 radical (unpaired) electrons. The summed E-state index contributed by atoms with van der Waals surface area (Å²) in [5, 5.41) is 7.34. The standard InChI is InChI=1S/C32H36N6O4S/c1-37-14-5-4-7-27(37)26-17-23-18-34-32(35-24-11-9-21(10-12-24)28-19-33-13-15-42-28)36-30(23)38(31(26)39)25-16-22-6-2-3-8-29(22)43(40,41)20-25/h2-3,6,8-12,17-18,25,27-28,33H,4-5,7,13-16,19-20H2,1H3,(H,34,35,36). The third-order valence-electron chi connectivity index (χ3n) is 8.94. The maximum atomic E-state index is 14.4. The van der Waals surface area contributed by atoms with E-state index in [1.165, 1.54) is 0 Å². The summed E-state index contributed by atoms with van der Waals surface area (Å²) in [6.07, 6.45) is 5.19. The first-order chi connectivity index (χ1) is 20.9. The summed E-state index contributed by atoms with van der Waals surface area (Å²) in [5.74, 6) is 0.181. The Bertz CT molecular complexity index is 1820. The van der Waals surface area contributed by atoms with Crippen molar-refractivity contribution in [3.05, 3.63) is 87.8 Å². The lowest BCUT2D eigenvalue weighted by Gasteiger charge is -2.33. The molecule has 0 saturated carbocycles. The van der Waals surface area contributed by atoms with Crippen LogP contribution in [0.25, 0.3) is 11.0 Å². The summed E-state index contributed by atoms with van der Waals surface area (Å²) in [5.41, 5.74) is 3.54. The second-order valence-electron chi connectivity index (χ2n) is 11.8. The van der Waals surface area contributed by atoms with Crippen molar-refractivity contribution in [1.29, 1.82) is 0 Å². The molecule has 0 bridgehead atoms. The van der Waals surface area contributed by atoms with Gasteiger partial charge in [0.05, 0.1) is 29.4 Å². The van der Waals surface area contributed by atoms with Gasteiger partial charge in [0.2, 0.25) is 5.95 Å². The molecule has 2 aromatic heterocycles. The molecule has 2 fully saturated rings. The number of piperidine rings is 1. The van der Waals surface area contributed by atoms with Gasteiger partial charge < -0.3 is 15.4 Å². The molecule has 2 saturated heterocycles. The van der Waals surface area contributed by atoms with Crippen molar-refractivity contribution in [1.82, 2.24) is 24.8 Å². The minimum atomic E-state index is -3.59. The Morgan fingerprint density at radius 1 is 1.09 bits per heavy atom. The molecule has 10 nitrogen and oxygen atoms in total. The van der Waals surface area contributed by atoms with E-state index in [0.29, 0.717) is 40.5 Å². The average Bonchev–Trinajstić information content (AvgIpc) is 3.02. The Labute approximate surface area is 251 Å². The van der Waals surface area contributed by atoms with Crippen LogP contribution in [0, 0.1) is 0 Å². The molecule has 7 rings (SSSR count). The fourth-order valence-corrected chi connectivity index (χ4v) is 8.52. The molecular weight excluding hydrogens is 564 g/mol. The summed E-state index contributed by atoms with van der Waals surface area (Å²) in [6.45, 7) is 3.23. The van der Waals surface area contributed by atoms with Crippen molar-refractivity contribution in [2.24, 2.45) is 0 Å². The molecule has 3 unspecified atom stereocenters. The number of ether oxygens (including phenoxy) is 1. The van der Waals surface area contributed by atoms with Gasteiger partial charge in [0.1, 0.15) is 5.65 Å². The van der Waals surface area contributed by atoms with E-state index >= 15 is 0 Å². The predicted octanol–water partition coefficient (Wildman–Crippen LogP) is 3.92. The van der Waals surface area contributed by atoms with Crippen LogP contribution in [-0.2, 0) is 21.0 Å². The van der Waals surface area contributed by atoms with E-state index in [1.807, 2.05) is 49.5 Å². The number of pyridine rings is 1. The van der Waals surface area contributed by atoms with Gasteiger partial charge in [0.25, 0.3) is 5.56 Å². The summed E-state index contributed by atoms with van der Waals surface area (Å²) < 4.78 is 34.3. The molecule has 3 atom stereocenters. The lowest BCUT2D eigenvalue weighted by Crippen LogP contribution is -2.39. The SMILES string of the molecule is CN1CCCCC1c1cc2cnc(Nc3ccc(C4CNCCO4)cc3)nc2n(C2Cc3ccccc3S(=O)(=O)C2)c1=O. The van der Waals surface area contributed by atoms with Crippen LogP contribution in [0.1, 0.15) is 54.1 Å². The topological polar surface area (TPSA) is 118 Å². The molecule has 0 spiro atoms. The first-order valence-corrected chi connectivity index (χ1v) is 16.6. The lowest BCUT2D eigenvalue weighted by atomic mass is 9.95. The Hall–Kier alpha value is -3.64. The summed E-state index contributed by atoms with van der Waals surface area (Å²) in [7, 11) is -1.54. The number of nitrogens with zero attached hydrogens (tertiary/aromatic N) is 4. The highest BCUT2D eigenvalue weighted by atomic mass is 32.2.